The number of carbonyl (C=O) groups excluding carboxylic acids is 1. The second kappa shape index (κ2) is 8.10. The van der Waals surface area contributed by atoms with Crippen molar-refractivity contribution in [3.8, 4) is 0 Å². The Bertz CT molecular complexity index is 531. The van der Waals surface area contributed by atoms with Gasteiger partial charge in [-0.1, -0.05) is 43.7 Å². The fourth-order valence-electron chi connectivity index (χ4n) is 3.36. The van der Waals surface area contributed by atoms with E-state index in [1.165, 1.54) is 0 Å². The van der Waals surface area contributed by atoms with E-state index < -0.39 is 0 Å². The number of hydrogen-bond donors (Lipinski definition) is 2. The second-order valence-electron chi connectivity index (χ2n) is 6.99. The lowest BCUT2D eigenvalue weighted by atomic mass is 9.85. The number of hydrogen-bond acceptors (Lipinski definition) is 5. The Morgan fingerprint density at radius 3 is 2.83 bits per heavy atom. The highest BCUT2D eigenvalue weighted by Crippen LogP contribution is 2.53. The zero-order chi connectivity index (χ0) is 16.8. The zero-order valence-corrected chi connectivity index (χ0v) is 14.4. The van der Waals surface area contributed by atoms with Crippen LogP contribution in [0.4, 0.5) is 0 Å². The molecule has 1 aromatic rings. The van der Waals surface area contributed by atoms with E-state index in [0.29, 0.717) is 13.2 Å². The molecule has 0 radical (unpaired) electrons. The summed E-state index contributed by atoms with van der Waals surface area (Å²) in [7, 11) is 0. The molecule has 24 heavy (non-hydrogen) atoms. The minimum Gasteiger partial charge on any atom is -0.465 e. The lowest BCUT2D eigenvalue weighted by Gasteiger charge is -2.36. The standard InChI is InChI=1S/C19H28N2O3/c1-2-3-11-23-18(22)16-12-19(9-10-19)17(13-20-16)21-24-14-15-7-5-4-6-8-15/h4-8,16-17,20-21H,2-3,9-14H2,1H3/t16-,17?/m0/s1. The van der Waals surface area contributed by atoms with Crippen LogP contribution in [0.15, 0.2) is 30.3 Å². The second-order valence-corrected chi connectivity index (χ2v) is 6.99. The average molecular weight is 332 g/mol. The Balaban J connectivity index is 1.44. The van der Waals surface area contributed by atoms with Crippen molar-refractivity contribution in [3.63, 3.8) is 0 Å². The highest BCUT2D eigenvalue weighted by atomic mass is 16.6. The van der Waals surface area contributed by atoms with Crippen molar-refractivity contribution < 1.29 is 14.4 Å². The number of nitrogens with one attached hydrogen (secondary N) is 2. The molecule has 2 N–H and O–H groups in total. The van der Waals surface area contributed by atoms with E-state index in [1.54, 1.807) is 0 Å². The molecule has 1 aromatic carbocycles. The van der Waals surface area contributed by atoms with Gasteiger partial charge in [-0.2, -0.15) is 5.48 Å². The summed E-state index contributed by atoms with van der Waals surface area (Å²) in [4.78, 5) is 17.9. The van der Waals surface area contributed by atoms with Gasteiger partial charge in [-0.25, -0.2) is 0 Å². The van der Waals surface area contributed by atoms with Crippen molar-refractivity contribution in [1.29, 1.82) is 0 Å². The number of ether oxygens (including phenoxy) is 1. The molecule has 1 aliphatic heterocycles. The number of hydroxylamine groups is 1. The Labute approximate surface area is 144 Å². The first-order valence-electron chi connectivity index (χ1n) is 9.05. The quantitative estimate of drug-likeness (QED) is 0.435. The zero-order valence-electron chi connectivity index (χ0n) is 14.4. The maximum Gasteiger partial charge on any atom is 0.323 e. The van der Waals surface area contributed by atoms with Gasteiger partial charge >= 0.3 is 5.97 Å². The summed E-state index contributed by atoms with van der Waals surface area (Å²) in [5.41, 5.74) is 4.56. The first-order chi connectivity index (χ1) is 11.7. The van der Waals surface area contributed by atoms with Crippen LogP contribution in [0.25, 0.3) is 0 Å². The molecular weight excluding hydrogens is 304 g/mol. The van der Waals surface area contributed by atoms with Gasteiger partial charge in [-0.3, -0.25) is 9.63 Å². The van der Waals surface area contributed by atoms with E-state index in [9.17, 15) is 4.79 Å². The minimum absolute atomic E-state index is 0.0987. The van der Waals surface area contributed by atoms with E-state index in [0.717, 1.165) is 44.2 Å². The lowest BCUT2D eigenvalue weighted by Crippen LogP contribution is -2.56. The first-order valence-corrected chi connectivity index (χ1v) is 9.05. The van der Waals surface area contributed by atoms with Gasteiger partial charge < -0.3 is 10.1 Å². The third-order valence-corrected chi connectivity index (χ3v) is 5.14. The Morgan fingerprint density at radius 2 is 2.12 bits per heavy atom. The van der Waals surface area contributed by atoms with Gasteiger partial charge in [0.2, 0.25) is 0 Å². The van der Waals surface area contributed by atoms with E-state index >= 15 is 0 Å². The molecule has 2 fully saturated rings. The fraction of sp³-hybridized carbons (Fsp3) is 0.632. The van der Waals surface area contributed by atoms with Crippen LogP contribution in [0, 0.1) is 5.41 Å². The molecule has 5 heteroatoms. The Kier molecular flexibility index (Phi) is 5.87. The summed E-state index contributed by atoms with van der Waals surface area (Å²) in [6, 6.07) is 10.2. The number of rotatable bonds is 8. The molecular formula is C19H28N2O3. The molecule has 1 unspecified atom stereocenters. The van der Waals surface area contributed by atoms with Crippen LogP contribution >= 0.6 is 0 Å². The first kappa shape index (κ1) is 17.4. The van der Waals surface area contributed by atoms with Gasteiger partial charge in [0, 0.05) is 6.54 Å². The van der Waals surface area contributed by atoms with Crippen molar-refractivity contribution >= 4 is 5.97 Å². The average Bonchev–Trinajstić information content (AvgIpc) is 3.37. The topological polar surface area (TPSA) is 59.6 Å². The molecule has 1 spiro atoms. The smallest absolute Gasteiger partial charge is 0.323 e. The molecule has 2 atom stereocenters. The van der Waals surface area contributed by atoms with Crippen LogP contribution in [0.3, 0.4) is 0 Å². The molecule has 132 valence electrons. The van der Waals surface area contributed by atoms with Crippen molar-refractivity contribution in [3.05, 3.63) is 35.9 Å². The van der Waals surface area contributed by atoms with Crippen molar-refractivity contribution in [2.45, 2.75) is 57.7 Å². The predicted octanol–water partition coefficient (Wildman–Crippen LogP) is 2.56. The van der Waals surface area contributed by atoms with Gasteiger partial charge in [0.1, 0.15) is 6.04 Å². The van der Waals surface area contributed by atoms with E-state index in [1.807, 2.05) is 18.2 Å². The summed E-state index contributed by atoms with van der Waals surface area (Å²) in [6.45, 7) is 3.91. The van der Waals surface area contributed by atoms with Gasteiger partial charge in [0.15, 0.2) is 0 Å². The SMILES string of the molecule is CCCCOC(=O)[C@@H]1CC2(CC2)C(NOCc2ccccc2)CN1. The molecule has 5 nitrogen and oxygen atoms in total. The number of unbranched alkanes of at least 4 members (excludes halogenated alkanes) is 1. The monoisotopic (exact) mass is 332 g/mol. The van der Waals surface area contributed by atoms with E-state index in [4.69, 9.17) is 9.57 Å². The molecule has 0 aromatic heterocycles. The number of carbonyl (C=O) groups is 1. The van der Waals surface area contributed by atoms with Crippen molar-refractivity contribution in [1.82, 2.24) is 10.8 Å². The van der Waals surface area contributed by atoms with Crippen LogP contribution in [0.5, 0.6) is 0 Å². The summed E-state index contributed by atoms with van der Waals surface area (Å²) in [5, 5.41) is 3.32. The Morgan fingerprint density at radius 1 is 1.33 bits per heavy atom. The van der Waals surface area contributed by atoms with Gasteiger partial charge in [0.25, 0.3) is 0 Å². The summed E-state index contributed by atoms with van der Waals surface area (Å²) in [6.07, 6.45) is 5.12. The molecule has 1 saturated carbocycles. The predicted molar refractivity (Wildman–Crippen MR) is 92.1 cm³/mol. The maximum absolute atomic E-state index is 12.2. The van der Waals surface area contributed by atoms with Crippen molar-refractivity contribution in [2.75, 3.05) is 13.2 Å². The molecule has 1 saturated heterocycles. The largest absolute Gasteiger partial charge is 0.465 e. The minimum atomic E-state index is -0.170. The van der Waals surface area contributed by atoms with E-state index in [-0.39, 0.29) is 23.5 Å². The number of benzene rings is 1. The van der Waals surface area contributed by atoms with Crippen LogP contribution in [0.1, 0.15) is 44.6 Å². The van der Waals surface area contributed by atoms with Gasteiger partial charge in [0.05, 0.1) is 19.3 Å². The molecule has 1 aliphatic carbocycles. The normalized spacial score (nSPS) is 24.7. The third kappa shape index (κ3) is 4.35. The number of piperidine rings is 1. The summed E-state index contributed by atoms with van der Waals surface area (Å²) < 4.78 is 5.36. The highest BCUT2D eigenvalue weighted by molar-refractivity contribution is 5.76. The summed E-state index contributed by atoms with van der Waals surface area (Å²) >= 11 is 0. The molecule has 3 rings (SSSR count). The highest BCUT2D eigenvalue weighted by Gasteiger charge is 2.54. The Hall–Kier alpha value is -1.43. The molecule has 1 heterocycles. The fourth-order valence-corrected chi connectivity index (χ4v) is 3.36. The molecule has 2 aliphatic rings. The molecule has 0 amide bonds. The summed E-state index contributed by atoms with van der Waals surface area (Å²) in [5.74, 6) is -0.0987. The van der Waals surface area contributed by atoms with Crippen molar-refractivity contribution in [2.24, 2.45) is 5.41 Å². The van der Waals surface area contributed by atoms with Crippen LogP contribution in [-0.4, -0.2) is 31.2 Å². The lowest BCUT2D eigenvalue weighted by molar-refractivity contribution is -0.148. The van der Waals surface area contributed by atoms with E-state index in [2.05, 4.69) is 29.9 Å². The molecule has 0 bridgehead atoms. The van der Waals surface area contributed by atoms with Gasteiger partial charge in [-0.15, -0.1) is 0 Å². The van der Waals surface area contributed by atoms with Crippen LogP contribution < -0.4 is 10.8 Å². The van der Waals surface area contributed by atoms with Crippen LogP contribution in [0.2, 0.25) is 0 Å². The van der Waals surface area contributed by atoms with Crippen LogP contribution in [-0.2, 0) is 21.0 Å². The third-order valence-electron chi connectivity index (χ3n) is 5.14. The number of esters is 1. The van der Waals surface area contributed by atoms with Gasteiger partial charge in [-0.05, 0) is 36.7 Å². The maximum atomic E-state index is 12.2.